The molecule has 0 aromatic heterocycles. The van der Waals surface area contributed by atoms with Gasteiger partial charge in [-0.05, 0) is 32.0 Å². The molecule has 0 aliphatic carbocycles. The fourth-order valence-corrected chi connectivity index (χ4v) is 1.91. The highest BCUT2D eigenvalue weighted by molar-refractivity contribution is 5.20. The Hall–Kier alpha value is -1.02. The normalized spacial score (nSPS) is 12.4. The first-order valence-electron chi connectivity index (χ1n) is 6.72. The van der Waals surface area contributed by atoms with Gasteiger partial charge in [0.1, 0.15) is 5.75 Å². The maximum Gasteiger partial charge on any atom is 0.119 e. The van der Waals surface area contributed by atoms with Crippen LogP contribution in [-0.4, -0.2) is 19.7 Å². The molecule has 1 atom stereocenters. The molecule has 1 unspecified atom stereocenters. The van der Waals surface area contributed by atoms with Crippen LogP contribution in [0.3, 0.4) is 0 Å². The fraction of sp³-hybridized carbons (Fsp3) is 0.600. The predicted octanol–water partition coefficient (Wildman–Crippen LogP) is 3.62. The van der Waals surface area contributed by atoms with Crippen molar-refractivity contribution in [1.82, 2.24) is 5.32 Å². The molecule has 0 saturated heterocycles. The van der Waals surface area contributed by atoms with Gasteiger partial charge in [0.25, 0.3) is 0 Å². The van der Waals surface area contributed by atoms with E-state index in [2.05, 4.69) is 12.2 Å². The summed E-state index contributed by atoms with van der Waals surface area (Å²) in [5.41, 5.74) is 0. The number of benzene rings is 1. The standard InChI is InChI=1S/C15H25NO/c1-3-4-6-9-14(16-2)12-13-17-15-10-7-5-8-11-15/h5,7-8,10-11,14,16H,3-4,6,9,12-13H2,1-2H3. The Labute approximate surface area is 105 Å². The minimum absolute atomic E-state index is 0.588. The van der Waals surface area contributed by atoms with E-state index in [1.54, 1.807) is 0 Å². The maximum absolute atomic E-state index is 5.70. The Morgan fingerprint density at radius 1 is 1.12 bits per heavy atom. The van der Waals surface area contributed by atoms with Crippen LogP contribution >= 0.6 is 0 Å². The van der Waals surface area contributed by atoms with Crippen LogP contribution in [0.1, 0.15) is 39.0 Å². The summed E-state index contributed by atoms with van der Waals surface area (Å²) in [5.74, 6) is 0.968. The van der Waals surface area contributed by atoms with E-state index in [0.29, 0.717) is 6.04 Å². The molecule has 0 spiro atoms. The molecule has 1 rings (SSSR count). The zero-order valence-corrected chi connectivity index (χ0v) is 11.1. The summed E-state index contributed by atoms with van der Waals surface area (Å²) >= 11 is 0. The van der Waals surface area contributed by atoms with E-state index >= 15 is 0 Å². The smallest absolute Gasteiger partial charge is 0.119 e. The van der Waals surface area contributed by atoms with Gasteiger partial charge in [-0.1, -0.05) is 44.4 Å². The highest BCUT2D eigenvalue weighted by Gasteiger charge is 2.05. The monoisotopic (exact) mass is 235 g/mol. The first kappa shape index (κ1) is 14.0. The second-order valence-electron chi connectivity index (χ2n) is 4.43. The largest absolute Gasteiger partial charge is 0.494 e. The summed E-state index contributed by atoms with van der Waals surface area (Å²) in [5, 5.41) is 3.37. The molecule has 1 N–H and O–H groups in total. The van der Waals surface area contributed by atoms with Gasteiger partial charge in [-0.15, -0.1) is 0 Å². The summed E-state index contributed by atoms with van der Waals surface area (Å²) in [7, 11) is 2.04. The van der Waals surface area contributed by atoms with Crippen molar-refractivity contribution < 1.29 is 4.74 Å². The molecule has 0 aliphatic rings. The fourth-order valence-electron chi connectivity index (χ4n) is 1.91. The topological polar surface area (TPSA) is 21.3 Å². The van der Waals surface area contributed by atoms with E-state index in [9.17, 15) is 0 Å². The van der Waals surface area contributed by atoms with E-state index in [1.807, 2.05) is 37.4 Å². The van der Waals surface area contributed by atoms with Gasteiger partial charge in [-0.3, -0.25) is 0 Å². The number of rotatable bonds is 9. The van der Waals surface area contributed by atoms with Crippen LogP contribution in [0.4, 0.5) is 0 Å². The summed E-state index contributed by atoms with van der Waals surface area (Å²) in [4.78, 5) is 0. The van der Waals surface area contributed by atoms with E-state index in [1.165, 1.54) is 25.7 Å². The van der Waals surface area contributed by atoms with Crippen molar-refractivity contribution in [3.8, 4) is 5.75 Å². The maximum atomic E-state index is 5.70. The Morgan fingerprint density at radius 3 is 2.53 bits per heavy atom. The Bertz CT molecular complexity index is 274. The molecular weight excluding hydrogens is 210 g/mol. The van der Waals surface area contributed by atoms with Gasteiger partial charge < -0.3 is 10.1 Å². The van der Waals surface area contributed by atoms with Gasteiger partial charge in [-0.25, -0.2) is 0 Å². The first-order chi connectivity index (χ1) is 8.36. The quantitative estimate of drug-likeness (QED) is 0.660. The number of ether oxygens (including phenoxy) is 1. The van der Waals surface area contributed by atoms with Crippen molar-refractivity contribution in [3.63, 3.8) is 0 Å². The third-order valence-electron chi connectivity index (χ3n) is 3.04. The van der Waals surface area contributed by atoms with Crippen molar-refractivity contribution >= 4 is 0 Å². The van der Waals surface area contributed by atoms with Gasteiger partial charge in [0.05, 0.1) is 6.61 Å². The van der Waals surface area contributed by atoms with Gasteiger partial charge in [0, 0.05) is 6.04 Å². The van der Waals surface area contributed by atoms with Crippen LogP contribution in [0.25, 0.3) is 0 Å². The molecule has 0 fully saturated rings. The summed E-state index contributed by atoms with van der Waals surface area (Å²) in [6.07, 6.45) is 6.26. The van der Waals surface area contributed by atoms with Crippen LogP contribution < -0.4 is 10.1 Å². The lowest BCUT2D eigenvalue weighted by molar-refractivity contribution is 0.283. The molecule has 0 amide bonds. The minimum atomic E-state index is 0.588. The lowest BCUT2D eigenvalue weighted by atomic mass is 10.1. The number of hydrogen-bond donors (Lipinski definition) is 1. The molecule has 0 heterocycles. The highest BCUT2D eigenvalue weighted by Crippen LogP contribution is 2.10. The van der Waals surface area contributed by atoms with Gasteiger partial charge in [0.15, 0.2) is 0 Å². The van der Waals surface area contributed by atoms with Crippen LogP contribution in [0.2, 0.25) is 0 Å². The van der Waals surface area contributed by atoms with Crippen molar-refractivity contribution in [3.05, 3.63) is 30.3 Å². The van der Waals surface area contributed by atoms with Gasteiger partial charge in [-0.2, -0.15) is 0 Å². The Morgan fingerprint density at radius 2 is 1.88 bits per heavy atom. The van der Waals surface area contributed by atoms with Crippen molar-refractivity contribution in [2.24, 2.45) is 0 Å². The molecular formula is C15H25NO. The molecule has 0 aliphatic heterocycles. The number of unbranched alkanes of at least 4 members (excludes halogenated alkanes) is 2. The zero-order valence-electron chi connectivity index (χ0n) is 11.1. The van der Waals surface area contributed by atoms with Gasteiger partial charge >= 0.3 is 0 Å². The summed E-state index contributed by atoms with van der Waals surface area (Å²) in [6, 6.07) is 10.6. The second-order valence-corrected chi connectivity index (χ2v) is 4.43. The van der Waals surface area contributed by atoms with E-state index in [-0.39, 0.29) is 0 Å². The third kappa shape index (κ3) is 6.32. The minimum Gasteiger partial charge on any atom is -0.494 e. The second kappa shape index (κ2) is 9.06. The van der Waals surface area contributed by atoms with Crippen molar-refractivity contribution in [1.29, 1.82) is 0 Å². The van der Waals surface area contributed by atoms with Crippen molar-refractivity contribution in [2.45, 2.75) is 45.1 Å². The first-order valence-corrected chi connectivity index (χ1v) is 6.72. The van der Waals surface area contributed by atoms with Crippen LogP contribution in [0.5, 0.6) is 5.75 Å². The van der Waals surface area contributed by atoms with Crippen molar-refractivity contribution in [2.75, 3.05) is 13.7 Å². The van der Waals surface area contributed by atoms with E-state index in [4.69, 9.17) is 4.74 Å². The molecule has 1 aromatic rings. The van der Waals surface area contributed by atoms with E-state index in [0.717, 1.165) is 18.8 Å². The van der Waals surface area contributed by atoms with Crippen LogP contribution in [0, 0.1) is 0 Å². The average Bonchev–Trinajstić information content (AvgIpc) is 2.38. The Kier molecular flexibility index (Phi) is 7.48. The average molecular weight is 235 g/mol. The SMILES string of the molecule is CCCCCC(CCOc1ccccc1)NC. The molecule has 2 nitrogen and oxygen atoms in total. The molecule has 96 valence electrons. The number of nitrogens with one attached hydrogen (secondary N) is 1. The van der Waals surface area contributed by atoms with Gasteiger partial charge in [0.2, 0.25) is 0 Å². The number of hydrogen-bond acceptors (Lipinski definition) is 2. The third-order valence-corrected chi connectivity index (χ3v) is 3.04. The molecule has 2 heteroatoms. The molecule has 0 saturated carbocycles. The lowest BCUT2D eigenvalue weighted by Gasteiger charge is -2.16. The Balaban J connectivity index is 2.15. The van der Waals surface area contributed by atoms with Crippen LogP contribution in [-0.2, 0) is 0 Å². The molecule has 17 heavy (non-hydrogen) atoms. The molecule has 1 aromatic carbocycles. The lowest BCUT2D eigenvalue weighted by Crippen LogP contribution is -2.27. The highest BCUT2D eigenvalue weighted by atomic mass is 16.5. The molecule has 0 bridgehead atoms. The van der Waals surface area contributed by atoms with E-state index < -0.39 is 0 Å². The van der Waals surface area contributed by atoms with Crippen LogP contribution in [0.15, 0.2) is 30.3 Å². The summed E-state index contributed by atoms with van der Waals surface area (Å²) < 4.78 is 5.70. The number of para-hydroxylation sites is 1. The zero-order chi connectivity index (χ0) is 12.3. The predicted molar refractivity (Wildman–Crippen MR) is 73.5 cm³/mol. The summed E-state index contributed by atoms with van der Waals surface area (Å²) in [6.45, 7) is 3.04. The molecule has 0 radical (unpaired) electrons.